The van der Waals surface area contributed by atoms with Crippen LogP contribution in [0.5, 0.6) is 5.75 Å². The van der Waals surface area contributed by atoms with Crippen LogP contribution in [0.2, 0.25) is 0 Å². The van der Waals surface area contributed by atoms with Crippen LogP contribution in [-0.2, 0) is 11.3 Å². The number of hydrogen-bond acceptors (Lipinski definition) is 4. The highest BCUT2D eigenvalue weighted by Gasteiger charge is 2.17. The van der Waals surface area contributed by atoms with Crippen LogP contribution in [0.4, 0.5) is 4.79 Å². The molecule has 5 heteroatoms. The van der Waals surface area contributed by atoms with Crippen LogP contribution in [0.15, 0.2) is 18.2 Å². The van der Waals surface area contributed by atoms with E-state index in [-0.39, 0.29) is 6.04 Å². The highest BCUT2D eigenvalue weighted by atomic mass is 16.6. The minimum absolute atomic E-state index is 0.0225. The van der Waals surface area contributed by atoms with Gasteiger partial charge in [-0.05, 0) is 40.7 Å². The molecule has 2 N–H and O–H groups in total. The van der Waals surface area contributed by atoms with Gasteiger partial charge in [0.2, 0.25) is 0 Å². The smallest absolute Gasteiger partial charge is 0.407 e. The monoisotopic (exact) mass is 308 g/mol. The third-order valence-electron chi connectivity index (χ3n) is 2.97. The van der Waals surface area contributed by atoms with Crippen LogP contribution in [0.3, 0.4) is 0 Å². The standard InChI is InChI=1S/C17H28N2O3/c1-12-7-8-15(21-6)14(9-12)11-18-10-13(2)19-16(20)22-17(3,4)5/h7-9,13,18H,10-11H2,1-6H3,(H,19,20). The van der Waals surface area contributed by atoms with E-state index in [9.17, 15) is 4.79 Å². The third-order valence-corrected chi connectivity index (χ3v) is 2.97. The second kappa shape index (κ2) is 8.03. The fraction of sp³-hybridized carbons (Fsp3) is 0.588. The Kier molecular flexibility index (Phi) is 6.68. The molecule has 1 aromatic rings. The molecule has 0 radical (unpaired) electrons. The van der Waals surface area contributed by atoms with Gasteiger partial charge in [0.05, 0.1) is 7.11 Å². The average molecular weight is 308 g/mol. The van der Waals surface area contributed by atoms with Gasteiger partial charge >= 0.3 is 6.09 Å². The van der Waals surface area contributed by atoms with Gasteiger partial charge in [0, 0.05) is 24.7 Å². The van der Waals surface area contributed by atoms with Gasteiger partial charge in [-0.2, -0.15) is 0 Å². The van der Waals surface area contributed by atoms with Gasteiger partial charge in [-0.15, -0.1) is 0 Å². The van der Waals surface area contributed by atoms with E-state index in [0.717, 1.165) is 11.3 Å². The van der Waals surface area contributed by atoms with E-state index >= 15 is 0 Å². The Morgan fingerprint density at radius 3 is 2.59 bits per heavy atom. The summed E-state index contributed by atoms with van der Waals surface area (Å²) in [7, 11) is 1.67. The number of nitrogens with one attached hydrogen (secondary N) is 2. The molecule has 0 saturated carbocycles. The van der Waals surface area contributed by atoms with E-state index in [4.69, 9.17) is 9.47 Å². The fourth-order valence-corrected chi connectivity index (χ4v) is 2.03. The lowest BCUT2D eigenvalue weighted by Gasteiger charge is -2.22. The predicted octanol–water partition coefficient (Wildman–Crippen LogP) is 3.01. The SMILES string of the molecule is COc1ccc(C)cc1CNCC(C)NC(=O)OC(C)(C)C. The summed E-state index contributed by atoms with van der Waals surface area (Å²) >= 11 is 0. The molecule has 0 aliphatic carbocycles. The summed E-state index contributed by atoms with van der Waals surface area (Å²) in [4.78, 5) is 11.7. The number of hydrogen-bond donors (Lipinski definition) is 2. The summed E-state index contributed by atoms with van der Waals surface area (Å²) in [5.41, 5.74) is 1.82. The molecule has 0 saturated heterocycles. The van der Waals surface area contributed by atoms with Crippen molar-refractivity contribution in [2.45, 2.75) is 52.8 Å². The van der Waals surface area contributed by atoms with Crippen LogP contribution >= 0.6 is 0 Å². The highest BCUT2D eigenvalue weighted by molar-refractivity contribution is 5.68. The van der Waals surface area contributed by atoms with Crippen molar-refractivity contribution in [2.75, 3.05) is 13.7 Å². The Labute approximate surface area is 133 Å². The molecule has 0 bridgehead atoms. The van der Waals surface area contributed by atoms with Crippen LogP contribution in [0.25, 0.3) is 0 Å². The molecule has 0 heterocycles. The van der Waals surface area contributed by atoms with Crippen molar-refractivity contribution in [1.29, 1.82) is 0 Å². The number of aryl methyl sites for hydroxylation is 1. The van der Waals surface area contributed by atoms with Crippen molar-refractivity contribution in [2.24, 2.45) is 0 Å². The number of alkyl carbamates (subject to hydrolysis) is 1. The number of benzene rings is 1. The number of carbonyl (C=O) groups is 1. The first-order valence-corrected chi connectivity index (χ1v) is 7.55. The largest absolute Gasteiger partial charge is 0.496 e. The van der Waals surface area contributed by atoms with Gasteiger partial charge in [-0.1, -0.05) is 17.7 Å². The summed E-state index contributed by atoms with van der Waals surface area (Å²) < 4.78 is 10.6. The summed E-state index contributed by atoms with van der Waals surface area (Å²) in [5.74, 6) is 0.867. The van der Waals surface area contributed by atoms with E-state index in [1.54, 1.807) is 7.11 Å². The van der Waals surface area contributed by atoms with Crippen molar-refractivity contribution in [3.63, 3.8) is 0 Å². The summed E-state index contributed by atoms with van der Waals surface area (Å²) in [6.45, 7) is 10.9. The van der Waals surface area contributed by atoms with Crippen molar-refractivity contribution in [1.82, 2.24) is 10.6 Å². The van der Waals surface area contributed by atoms with Gasteiger partial charge < -0.3 is 20.1 Å². The maximum atomic E-state index is 11.7. The Bertz CT molecular complexity index is 495. The van der Waals surface area contributed by atoms with E-state index in [1.807, 2.05) is 39.8 Å². The van der Waals surface area contributed by atoms with Gasteiger partial charge in [0.25, 0.3) is 0 Å². The first kappa shape index (κ1) is 18.3. The van der Waals surface area contributed by atoms with Crippen molar-refractivity contribution >= 4 is 6.09 Å². The predicted molar refractivity (Wildman–Crippen MR) is 88.3 cm³/mol. The van der Waals surface area contributed by atoms with Crippen molar-refractivity contribution in [3.05, 3.63) is 29.3 Å². The quantitative estimate of drug-likeness (QED) is 0.848. The number of rotatable bonds is 6. The number of methoxy groups -OCH3 is 1. The van der Waals surface area contributed by atoms with Crippen LogP contribution in [-0.4, -0.2) is 31.4 Å². The third kappa shape index (κ3) is 6.80. The zero-order chi connectivity index (χ0) is 16.8. The van der Waals surface area contributed by atoms with Crippen molar-refractivity contribution < 1.29 is 14.3 Å². The lowest BCUT2D eigenvalue weighted by molar-refractivity contribution is 0.0508. The zero-order valence-corrected chi connectivity index (χ0v) is 14.4. The van der Waals surface area contributed by atoms with Crippen LogP contribution in [0, 0.1) is 6.92 Å². The molecular weight excluding hydrogens is 280 g/mol. The molecule has 1 aromatic carbocycles. The van der Waals surface area contributed by atoms with Gasteiger partial charge in [-0.25, -0.2) is 4.79 Å². The second-order valence-corrected chi connectivity index (χ2v) is 6.49. The van der Waals surface area contributed by atoms with Crippen LogP contribution in [0.1, 0.15) is 38.8 Å². The average Bonchev–Trinajstić information content (AvgIpc) is 2.36. The number of ether oxygens (including phenoxy) is 2. The lowest BCUT2D eigenvalue weighted by Crippen LogP contribution is -2.42. The first-order valence-electron chi connectivity index (χ1n) is 7.55. The molecule has 0 aromatic heterocycles. The summed E-state index contributed by atoms with van der Waals surface area (Å²) in [6.07, 6.45) is -0.394. The highest BCUT2D eigenvalue weighted by Crippen LogP contribution is 2.19. The topological polar surface area (TPSA) is 59.6 Å². The Morgan fingerprint density at radius 1 is 1.32 bits per heavy atom. The minimum Gasteiger partial charge on any atom is -0.496 e. The summed E-state index contributed by atoms with van der Waals surface area (Å²) in [6, 6.07) is 6.06. The molecule has 1 rings (SSSR count). The van der Waals surface area contributed by atoms with Gasteiger partial charge in [-0.3, -0.25) is 0 Å². The van der Waals surface area contributed by atoms with Crippen LogP contribution < -0.4 is 15.4 Å². The molecule has 22 heavy (non-hydrogen) atoms. The normalized spacial score (nSPS) is 12.6. The molecule has 0 aliphatic rings. The number of amides is 1. The van der Waals surface area contributed by atoms with Gasteiger partial charge in [0.15, 0.2) is 0 Å². The second-order valence-electron chi connectivity index (χ2n) is 6.49. The van der Waals surface area contributed by atoms with E-state index in [2.05, 4.69) is 23.6 Å². The maximum Gasteiger partial charge on any atom is 0.407 e. The van der Waals surface area contributed by atoms with E-state index < -0.39 is 11.7 Å². The molecule has 1 atom stereocenters. The lowest BCUT2D eigenvalue weighted by atomic mass is 10.1. The molecule has 124 valence electrons. The maximum absolute atomic E-state index is 11.7. The molecule has 5 nitrogen and oxygen atoms in total. The van der Waals surface area contributed by atoms with Gasteiger partial charge in [0.1, 0.15) is 11.4 Å². The van der Waals surface area contributed by atoms with Crippen molar-refractivity contribution in [3.8, 4) is 5.75 Å². The molecule has 0 aliphatic heterocycles. The molecule has 1 unspecified atom stereocenters. The first-order chi connectivity index (χ1) is 10.2. The number of carbonyl (C=O) groups excluding carboxylic acids is 1. The Morgan fingerprint density at radius 2 is 2.00 bits per heavy atom. The Balaban J connectivity index is 2.41. The van der Waals surface area contributed by atoms with E-state index in [0.29, 0.717) is 13.1 Å². The van der Waals surface area contributed by atoms with E-state index in [1.165, 1.54) is 5.56 Å². The molecule has 0 fully saturated rings. The minimum atomic E-state index is -0.480. The molecule has 1 amide bonds. The Hall–Kier alpha value is -1.75. The zero-order valence-electron chi connectivity index (χ0n) is 14.4. The summed E-state index contributed by atoms with van der Waals surface area (Å²) in [5, 5.41) is 6.13. The molecule has 0 spiro atoms. The molecular formula is C17H28N2O3. The fourth-order valence-electron chi connectivity index (χ4n) is 2.03.